The number of fused-ring (bicyclic) bond motifs is 1. The smallest absolute Gasteiger partial charge is 0.246 e. The largest absolute Gasteiger partial charge is 0.493 e. The van der Waals surface area contributed by atoms with Crippen LogP contribution in [-0.2, 0) is 17.9 Å². The van der Waals surface area contributed by atoms with Crippen LogP contribution in [0.4, 0.5) is 0 Å². The van der Waals surface area contributed by atoms with Crippen molar-refractivity contribution in [1.29, 1.82) is 0 Å². The highest BCUT2D eigenvalue weighted by Gasteiger charge is 2.23. The third kappa shape index (κ3) is 7.24. The van der Waals surface area contributed by atoms with Crippen LogP contribution in [0.15, 0.2) is 85.1 Å². The Kier molecular flexibility index (Phi) is 9.16. The van der Waals surface area contributed by atoms with Crippen LogP contribution in [-0.4, -0.2) is 61.2 Å². The van der Waals surface area contributed by atoms with Gasteiger partial charge in [0, 0.05) is 56.7 Å². The summed E-state index contributed by atoms with van der Waals surface area (Å²) >= 11 is 0. The van der Waals surface area contributed by atoms with Crippen molar-refractivity contribution in [3.8, 4) is 17.2 Å². The van der Waals surface area contributed by atoms with E-state index in [2.05, 4.69) is 59.4 Å². The second kappa shape index (κ2) is 13.3. The number of hydrogen-bond donors (Lipinski definition) is 0. The Morgan fingerprint density at radius 2 is 1.76 bits per heavy atom. The number of benzene rings is 3. The highest BCUT2D eigenvalue weighted by atomic mass is 16.5. The van der Waals surface area contributed by atoms with Crippen molar-refractivity contribution in [2.24, 2.45) is 0 Å². The molecule has 4 aromatic rings. The summed E-state index contributed by atoms with van der Waals surface area (Å²) in [5.41, 5.74) is 4.38. The van der Waals surface area contributed by atoms with E-state index >= 15 is 0 Å². The van der Waals surface area contributed by atoms with Gasteiger partial charge in [0.1, 0.15) is 11.9 Å². The number of hydrogen-bond acceptors (Lipinski definition) is 6. The molecule has 0 N–H and O–H groups in total. The van der Waals surface area contributed by atoms with Gasteiger partial charge in [-0.15, -0.1) is 0 Å². The van der Waals surface area contributed by atoms with Crippen LogP contribution in [0.1, 0.15) is 29.5 Å². The number of aromatic nitrogens is 1. The first-order chi connectivity index (χ1) is 20.0. The fourth-order valence-corrected chi connectivity index (χ4v) is 5.30. The van der Waals surface area contributed by atoms with Crippen molar-refractivity contribution >= 4 is 22.9 Å². The summed E-state index contributed by atoms with van der Waals surface area (Å²) in [6.07, 6.45) is 6.96. The Labute approximate surface area is 242 Å². The second-order valence-electron chi connectivity index (χ2n) is 10.4. The van der Waals surface area contributed by atoms with E-state index in [1.165, 1.54) is 16.5 Å². The lowest BCUT2D eigenvalue weighted by atomic mass is 10.1. The topological polar surface area (TPSA) is 64.1 Å². The third-order valence-corrected chi connectivity index (χ3v) is 7.41. The maximum absolute atomic E-state index is 12.8. The van der Waals surface area contributed by atoms with Crippen LogP contribution in [0.2, 0.25) is 0 Å². The predicted octanol–water partition coefficient (Wildman–Crippen LogP) is 5.97. The molecule has 0 saturated carbocycles. The Morgan fingerprint density at radius 1 is 0.951 bits per heavy atom. The predicted molar refractivity (Wildman–Crippen MR) is 162 cm³/mol. The number of carbonyl (C=O) groups excluding carboxylic acids is 1. The Hall–Kier alpha value is -4.36. The van der Waals surface area contributed by atoms with Gasteiger partial charge in [0.25, 0.3) is 0 Å². The maximum Gasteiger partial charge on any atom is 0.246 e. The van der Waals surface area contributed by atoms with Gasteiger partial charge in [-0.05, 0) is 66.2 Å². The molecule has 1 aliphatic heterocycles. The number of nitrogens with zero attached hydrogens (tertiary/aromatic N) is 3. The summed E-state index contributed by atoms with van der Waals surface area (Å²) in [5, 5.41) is 1.19. The maximum atomic E-state index is 12.8. The van der Waals surface area contributed by atoms with Crippen LogP contribution in [0.25, 0.3) is 17.0 Å². The molecule has 1 aliphatic rings. The van der Waals surface area contributed by atoms with Gasteiger partial charge in [-0.1, -0.05) is 36.4 Å². The van der Waals surface area contributed by atoms with Crippen LogP contribution in [0, 0.1) is 0 Å². The number of piperidine rings is 1. The van der Waals surface area contributed by atoms with Gasteiger partial charge in [0.05, 0.1) is 19.7 Å². The van der Waals surface area contributed by atoms with Crippen molar-refractivity contribution in [2.45, 2.75) is 32.0 Å². The summed E-state index contributed by atoms with van der Waals surface area (Å²) in [5.74, 6) is 2.18. The molecular weight excluding hydrogens is 514 g/mol. The van der Waals surface area contributed by atoms with Gasteiger partial charge in [0.2, 0.25) is 5.91 Å². The molecule has 2 heterocycles. The number of rotatable bonds is 10. The van der Waals surface area contributed by atoms with Crippen LogP contribution in [0.5, 0.6) is 17.2 Å². The Morgan fingerprint density at radius 3 is 2.56 bits per heavy atom. The Bertz CT molecular complexity index is 1510. The zero-order valence-electron chi connectivity index (χ0n) is 24.0. The summed E-state index contributed by atoms with van der Waals surface area (Å²) in [7, 11) is 5.34. The number of amides is 1. The SMILES string of the molecule is COc1ccc(/C=C/C(=O)N2CCC(Oc3cccc(CN(C)Cc4cccc5ncccc45)c3)CC2)cc1OC. The monoisotopic (exact) mass is 551 g/mol. The lowest BCUT2D eigenvalue weighted by Crippen LogP contribution is -2.41. The van der Waals surface area contributed by atoms with E-state index in [1.54, 1.807) is 20.3 Å². The second-order valence-corrected chi connectivity index (χ2v) is 10.4. The fourth-order valence-electron chi connectivity index (χ4n) is 5.30. The molecule has 1 aromatic heterocycles. The third-order valence-electron chi connectivity index (χ3n) is 7.41. The number of ether oxygens (including phenoxy) is 3. The lowest BCUT2D eigenvalue weighted by Gasteiger charge is -2.31. The quantitative estimate of drug-likeness (QED) is 0.227. The van der Waals surface area contributed by atoms with Crippen molar-refractivity contribution in [2.75, 3.05) is 34.4 Å². The molecule has 0 radical (unpaired) electrons. The van der Waals surface area contributed by atoms with E-state index < -0.39 is 0 Å². The van der Waals surface area contributed by atoms with Gasteiger partial charge < -0.3 is 19.1 Å². The number of likely N-dealkylation sites (tertiary alicyclic amines) is 1. The minimum atomic E-state index is 0.00486. The molecule has 5 rings (SSSR count). The molecule has 0 atom stereocenters. The summed E-state index contributed by atoms with van der Waals surface area (Å²) in [6.45, 7) is 2.98. The van der Waals surface area contributed by atoms with E-state index in [1.807, 2.05) is 47.5 Å². The normalized spacial score (nSPS) is 14.1. The molecule has 7 heteroatoms. The van der Waals surface area contributed by atoms with Gasteiger partial charge in [-0.2, -0.15) is 0 Å². The standard InChI is InChI=1S/C34H37N3O4/c1-36(24-27-8-5-11-31-30(27)10-6-18-35-31)23-26-7-4-9-29(21-26)41-28-16-19-37(20-17-28)34(38)15-13-25-12-14-32(39-2)33(22-25)40-3/h4-15,18,21-22,28H,16-17,19-20,23-24H2,1-3H3/b15-13+. The van der Waals surface area contributed by atoms with Gasteiger partial charge >= 0.3 is 0 Å². The minimum absolute atomic E-state index is 0.00486. The van der Waals surface area contributed by atoms with Crippen LogP contribution >= 0.6 is 0 Å². The van der Waals surface area contributed by atoms with E-state index in [0.717, 1.165) is 42.8 Å². The first-order valence-electron chi connectivity index (χ1n) is 14.0. The Balaban J connectivity index is 1.11. The van der Waals surface area contributed by atoms with Crippen molar-refractivity contribution < 1.29 is 19.0 Å². The first-order valence-corrected chi connectivity index (χ1v) is 14.0. The van der Waals surface area contributed by atoms with Crippen molar-refractivity contribution in [3.05, 3.63) is 102 Å². The molecule has 212 valence electrons. The van der Waals surface area contributed by atoms with E-state index in [9.17, 15) is 4.79 Å². The minimum Gasteiger partial charge on any atom is -0.493 e. The molecule has 7 nitrogen and oxygen atoms in total. The highest BCUT2D eigenvalue weighted by molar-refractivity contribution is 5.92. The zero-order chi connectivity index (χ0) is 28.6. The van der Waals surface area contributed by atoms with Gasteiger partial charge in [-0.25, -0.2) is 0 Å². The number of methoxy groups -OCH3 is 2. The summed E-state index contributed by atoms with van der Waals surface area (Å²) in [6, 6.07) is 24.3. The van der Waals surface area contributed by atoms with Gasteiger partial charge in [0.15, 0.2) is 11.5 Å². The average Bonchev–Trinajstić information content (AvgIpc) is 3.00. The van der Waals surface area contributed by atoms with E-state index in [0.29, 0.717) is 24.6 Å². The molecule has 0 unspecified atom stereocenters. The van der Waals surface area contributed by atoms with Crippen molar-refractivity contribution in [3.63, 3.8) is 0 Å². The highest BCUT2D eigenvalue weighted by Crippen LogP contribution is 2.28. The fraction of sp³-hybridized carbons (Fsp3) is 0.294. The number of carbonyl (C=O) groups is 1. The molecule has 1 fully saturated rings. The van der Waals surface area contributed by atoms with E-state index in [-0.39, 0.29) is 12.0 Å². The molecule has 0 spiro atoms. The molecular formula is C34H37N3O4. The van der Waals surface area contributed by atoms with E-state index in [4.69, 9.17) is 14.2 Å². The molecule has 41 heavy (non-hydrogen) atoms. The number of pyridine rings is 1. The molecule has 1 saturated heterocycles. The summed E-state index contributed by atoms with van der Waals surface area (Å²) < 4.78 is 17.0. The summed E-state index contributed by atoms with van der Waals surface area (Å²) in [4.78, 5) is 21.5. The van der Waals surface area contributed by atoms with Gasteiger partial charge in [-0.3, -0.25) is 14.7 Å². The molecule has 0 bridgehead atoms. The average molecular weight is 552 g/mol. The zero-order valence-corrected chi connectivity index (χ0v) is 24.0. The van der Waals surface area contributed by atoms with Crippen LogP contribution in [0.3, 0.4) is 0 Å². The van der Waals surface area contributed by atoms with Crippen LogP contribution < -0.4 is 14.2 Å². The molecule has 3 aromatic carbocycles. The molecule has 1 amide bonds. The van der Waals surface area contributed by atoms with Crippen molar-refractivity contribution in [1.82, 2.24) is 14.8 Å². The lowest BCUT2D eigenvalue weighted by molar-refractivity contribution is -0.127. The first kappa shape index (κ1) is 28.2. The molecule has 0 aliphatic carbocycles.